The van der Waals surface area contributed by atoms with Crippen LogP contribution in [0, 0.1) is 31.8 Å². The van der Waals surface area contributed by atoms with Crippen LogP contribution in [0.15, 0.2) is 193 Å². The summed E-state index contributed by atoms with van der Waals surface area (Å²) in [5.41, 5.74) is 17.2. The molecule has 1 radical (unpaired) electrons. The van der Waals surface area contributed by atoms with Crippen LogP contribution in [-0.2, 0) is 20.1 Å². The summed E-state index contributed by atoms with van der Waals surface area (Å²) in [6.45, 7) is 13.0. The molecule has 0 aliphatic carbocycles. The monoisotopic (exact) mass is 1140 g/mol. The van der Waals surface area contributed by atoms with Gasteiger partial charge < -0.3 is 9.52 Å². The molecule has 12 rings (SSSR count). The van der Waals surface area contributed by atoms with E-state index in [9.17, 15) is 9.50 Å². The molecule has 0 fully saturated rings. The van der Waals surface area contributed by atoms with Crippen molar-refractivity contribution in [2.45, 2.75) is 53.4 Å². The number of benzene rings is 8. The van der Waals surface area contributed by atoms with Gasteiger partial charge in [-0.25, -0.2) is 0 Å². The molecular weight excluding hydrogens is 1090 g/mol. The Morgan fingerprint density at radius 2 is 1.20 bits per heavy atom. The molecule has 0 unspecified atom stereocenters. The SMILES string of the molecule is CC(C)c1cc(-c2ccccc2)cc(C(C)C)c1-c1cc(-c2[c-]cc(F)cc2)nc(-c2ccccc2O)c1.Cc1ccnc(-c2[c-]c(-c3cc(C)ccn3)c3oc4ccc5c6ccccc6ccc5c4c3c2)c1.[Ir]. The number of para-hydroxylation sites is 1. The number of aromatic hydroxyl groups is 1. The second-order valence-corrected chi connectivity index (χ2v) is 19.4. The van der Waals surface area contributed by atoms with Crippen LogP contribution in [0.25, 0.3) is 111 Å². The molecule has 5 nitrogen and oxygen atoms in total. The summed E-state index contributed by atoms with van der Waals surface area (Å²) in [5, 5.41) is 17.7. The molecule has 7 heteroatoms. The number of hydrogen-bond donors (Lipinski definition) is 1. The number of nitrogens with zero attached hydrogens (tertiary/aromatic N) is 3. The minimum Gasteiger partial charge on any atom is -0.507 e. The summed E-state index contributed by atoms with van der Waals surface area (Å²) in [7, 11) is 0. The van der Waals surface area contributed by atoms with Gasteiger partial charge >= 0.3 is 0 Å². The van der Waals surface area contributed by atoms with Crippen LogP contribution in [0.3, 0.4) is 0 Å². The Kier molecular flexibility index (Phi) is 13.9. The van der Waals surface area contributed by atoms with Gasteiger partial charge in [0.05, 0.1) is 11.3 Å². The third-order valence-electron chi connectivity index (χ3n) is 13.6. The minimum absolute atomic E-state index is 0. The number of rotatable bonds is 8. The van der Waals surface area contributed by atoms with E-state index in [2.05, 4.69) is 179 Å². The Hall–Kier alpha value is -8.09. The van der Waals surface area contributed by atoms with Gasteiger partial charge in [0.25, 0.3) is 0 Å². The molecule has 74 heavy (non-hydrogen) atoms. The third-order valence-corrected chi connectivity index (χ3v) is 13.6. The molecule has 1 N–H and O–H groups in total. The quantitative estimate of drug-likeness (QED) is 0.121. The second kappa shape index (κ2) is 20.8. The molecule has 365 valence electrons. The van der Waals surface area contributed by atoms with Crippen molar-refractivity contribution < 1.29 is 34.0 Å². The van der Waals surface area contributed by atoms with Crippen molar-refractivity contribution in [2.24, 2.45) is 0 Å². The minimum atomic E-state index is -0.341. The van der Waals surface area contributed by atoms with Crippen LogP contribution in [-0.4, -0.2) is 20.1 Å². The first kappa shape index (κ1) is 49.5. The Bertz CT molecular complexity index is 4000. The van der Waals surface area contributed by atoms with Gasteiger partial charge in [-0.15, -0.1) is 42.0 Å². The van der Waals surface area contributed by atoms with E-state index in [1.54, 1.807) is 18.2 Å². The number of halogens is 1. The van der Waals surface area contributed by atoms with Gasteiger partial charge in [-0.05, 0) is 128 Å². The zero-order valence-corrected chi connectivity index (χ0v) is 44.4. The molecule has 4 heterocycles. The van der Waals surface area contributed by atoms with E-state index in [1.165, 1.54) is 61.5 Å². The number of fused-ring (bicyclic) bond motifs is 7. The van der Waals surface area contributed by atoms with Crippen LogP contribution in [0.1, 0.15) is 61.8 Å². The standard InChI is InChI=1S/C35H31FNO.C32H21N2O.Ir/c1-22(2)30-18-26(24-10-6-5-7-11-24)19-31(23(3)4)35(30)27-20-32(25-14-16-28(36)17-15-25)37-33(21-27)29-12-8-9-13-34(29)38;1-19-11-13-33-28(15-19)22-17-26(29-16-20(2)12-14-34-29)32-27(18-22)31-25-8-7-21-5-3-4-6-23(21)24(25)9-10-30(31)35-32;/h5-14,16-23,38H,1-4H3;3-16,18H,1-2H3;/q2*-1;. The smallest absolute Gasteiger partial charge is 0.124 e. The summed E-state index contributed by atoms with van der Waals surface area (Å²) in [6, 6.07) is 65.0. The van der Waals surface area contributed by atoms with E-state index >= 15 is 0 Å². The van der Waals surface area contributed by atoms with Gasteiger partial charge in [0.2, 0.25) is 0 Å². The first-order valence-corrected chi connectivity index (χ1v) is 24.8. The number of pyridine rings is 3. The average Bonchev–Trinajstić information content (AvgIpc) is 3.80. The van der Waals surface area contributed by atoms with Crippen LogP contribution < -0.4 is 0 Å². The molecule has 0 aliphatic rings. The number of furan rings is 1. The fourth-order valence-corrected chi connectivity index (χ4v) is 10.0. The average molecular weight is 1140 g/mol. The van der Waals surface area contributed by atoms with Crippen LogP contribution in [0.4, 0.5) is 4.39 Å². The summed E-state index contributed by atoms with van der Waals surface area (Å²) in [4.78, 5) is 14.2. The molecule has 0 amide bonds. The van der Waals surface area contributed by atoms with E-state index in [1.807, 2.05) is 42.7 Å². The van der Waals surface area contributed by atoms with Crippen molar-refractivity contribution in [1.29, 1.82) is 0 Å². The zero-order valence-electron chi connectivity index (χ0n) is 42.0. The Morgan fingerprint density at radius 1 is 0.541 bits per heavy atom. The van der Waals surface area contributed by atoms with Crippen LogP contribution in [0.2, 0.25) is 0 Å². The topological polar surface area (TPSA) is 72.0 Å². The molecule has 0 saturated carbocycles. The number of hydrogen-bond acceptors (Lipinski definition) is 5. The van der Waals surface area contributed by atoms with Gasteiger partial charge in [0, 0.05) is 60.7 Å². The van der Waals surface area contributed by atoms with E-state index in [4.69, 9.17) is 9.40 Å². The van der Waals surface area contributed by atoms with E-state index in [0.29, 0.717) is 22.5 Å². The van der Waals surface area contributed by atoms with Crippen LogP contribution in [0.5, 0.6) is 5.75 Å². The van der Waals surface area contributed by atoms with Gasteiger partial charge in [0.1, 0.15) is 11.3 Å². The maximum absolute atomic E-state index is 13.7. The molecule has 0 atom stereocenters. The maximum Gasteiger partial charge on any atom is 0.124 e. The van der Waals surface area contributed by atoms with Crippen molar-refractivity contribution in [3.63, 3.8) is 0 Å². The first-order valence-electron chi connectivity index (χ1n) is 24.8. The largest absolute Gasteiger partial charge is 0.507 e. The fraction of sp³-hybridized carbons (Fsp3) is 0.119. The van der Waals surface area contributed by atoms with Crippen molar-refractivity contribution >= 4 is 43.5 Å². The van der Waals surface area contributed by atoms with Gasteiger partial charge in [0.15, 0.2) is 0 Å². The number of aryl methyl sites for hydroxylation is 2. The number of phenolic OH excluding ortho intramolecular Hbond substituents is 1. The maximum atomic E-state index is 13.7. The predicted molar refractivity (Wildman–Crippen MR) is 298 cm³/mol. The molecule has 0 aliphatic heterocycles. The Labute approximate surface area is 444 Å². The molecule has 0 saturated heterocycles. The van der Waals surface area contributed by atoms with Crippen molar-refractivity contribution in [2.75, 3.05) is 0 Å². The molecule has 12 aromatic rings. The molecule has 0 spiro atoms. The normalized spacial score (nSPS) is 11.4. The summed E-state index contributed by atoms with van der Waals surface area (Å²) in [5.74, 6) is 0.368. The number of phenols is 1. The fourth-order valence-electron chi connectivity index (χ4n) is 10.0. The van der Waals surface area contributed by atoms with Crippen molar-refractivity contribution in [3.05, 3.63) is 229 Å². The number of aromatic nitrogens is 3. The molecule has 0 bridgehead atoms. The Morgan fingerprint density at radius 3 is 1.91 bits per heavy atom. The molecule has 4 aromatic heterocycles. The summed E-state index contributed by atoms with van der Waals surface area (Å²) in [6.07, 6.45) is 3.69. The van der Waals surface area contributed by atoms with Crippen molar-refractivity contribution in [1.82, 2.24) is 15.0 Å². The van der Waals surface area contributed by atoms with Crippen molar-refractivity contribution in [3.8, 4) is 73.0 Å². The molecule has 8 aromatic carbocycles. The van der Waals surface area contributed by atoms with Gasteiger partial charge in [-0.2, -0.15) is 0 Å². The third kappa shape index (κ3) is 9.65. The van der Waals surface area contributed by atoms with Gasteiger partial charge in [-0.3, -0.25) is 19.3 Å². The predicted octanol–water partition coefficient (Wildman–Crippen LogP) is 18.1. The zero-order chi connectivity index (χ0) is 50.3. The van der Waals surface area contributed by atoms with E-state index in [-0.39, 0.29) is 43.5 Å². The van der Waals surface area contributed by atoms with E-state index < -0.39 is 0 Å². The van der Waals surface area contributed by atoms with Gasteiger partial charge in [-0.1, -0.05) is 165 Å². The van der Waals surface area contributed by atoms with E-state index in [0.717, 1.165) is 61.1 Å². The van der Waals surface area contributed by atoms with Crippen LogP contribution >= 0.6 is 0 Å². The second-order valence-electron chi connectivity index (χ2n) is 19.4. The Balaban J connectivity index is 0.000000167. The summed E-state index contributed by atoms with van der Waals surface area (Å²) < 4.78 is 20.2. The molecular formula is C67H52FIrN3O2-2. The first-order chi connectivity index (χ1) is 35.5. The summed E-state index contributed by atoms with van der Waals surface area (Å²) >= 11 is 0.